The maximum Gasteiger partial charge on any atom is 0.138 e. The smallest absolute Gasteiger partial charge is 0.138 e. The lowest BCUT2D eigenvalue weighted by atomic mass is 9.89. The zero-order valence-corrected chi connectivity index (χ0v) is 16.2. The van der Waals surface area contributed by atoms with Crippen molar-refractivity contribution in [1.82, 2.24) is 4.90 Å². The monoisotopic (exact) mass is 365 g/mol. The fourth-order valence-electron chi connectivity index (χ4n) is 4.23. The summed E-state index contributed by atoms with van der Waals surface area (Å²) in [5.74, 6) is 1.54. The summed E-state index contributed by atoms with van der Waals surface area (Å²) in [5, 5.41) is 11.6. The van der Waals surface area contributed by atoms with E-state index in [-0.39, 0.29) is 0 Å². The molecule has 3 nitrogen and oxygen atoms in total. The van der Waals surface area contributed by atoms with Crippen molar-refractivity contribution >= 4 is 11.6 Å². The average molecular weight is 366 g/mol. The van der Waals surface area contributed by atoms with E-state index in [1.807, 2.05) is 25.1 Å². The highest BCUT2D eigenvalue weighted by atomic mass is 35.5. The van der Waals surface area contributed by atoms with Crippen LogP contribution in [0.25, 0.3) is 0 Å². The maximum atomic E-state index is 11.0. The SMILES string of the molecule is Cc1ccc(Cl)c(OCC2(O)CCCN(CC3CCCCC3)CC2)c1. The van der Waals surface area contributed by atoms with Gasteiger partial charge in [0.05, 0.1) is 10.6 Å². The van der Waals surface area contributed by atoms with Gasteiger partial charge >= 0.3 is 0 Å². The molecule has 0 spiro atoms. The standard InChI is InChI=1S/C21H32ClNO2/c1-17-8-9-19(22)20(14-17)25-16-21(24)10-5-12-23(13-11-21)15-18-6-3-2-4-7-18/h8-9,14,18,24H,2-7,10-13,15-16H2,1H3. The van der Waals surface area contributed by atoms with E-state index in [1.54, 1.807) is 0 Å². The number of likely N-dealkylation sites (tertiary alicyclic amines) is 1. The molecule has 140 valence electrons. The number of aliphatic hydroxyl groups is 1. The van der Waals surface area contributed by atoms with Gasteiger partial charge < -0.3 is 14.7 Å². The molecule has 1 unspecified atom stereocenters. The topological polar surface area (TPSA) is 32.7 Å². The van der Waals surface area contributed by atoms with Gasteiger partial charge in [-0.05, 0) is 69.2 Å². The molecule has 2 aliphatic rings. The van der Waals surface area contributed by atoms with Gasteiger partial charge in [-0.3, -0.25) is 0 Å². The molecule has 1 aromatic carbocycles. The quantitative estimate of drug-likeness (QED) is 0.811. The summed E-state index contributed by atoms with van der Waals surface area (Å²) in [7, 11) is 0. The lowest BCUT2D eigenvalue weighted by molar-refractivity contribution is -0.0170. The van der Waals surface area contributed by atoms with Crippen LogP contribution in [0, 0.1) is 12.8 Å². The number of ether oxygens (including phenoxy) is 1. The van der Waals surface area contributed by atoms with Gasteiger partial charge in [0.2, 0.25) is 0 Å². The minimum Gasteiger partial charge on any atom is -0.489 e. The van der Waals surface area contributed by atoms with Crippen molar-refractivity contribution in [3.63, 3.8) is 0 Å². The van der Waals surface area contributed by atoms with Crippen LogP contribution in [0.2, 0.25) is 5.02 Å². The maximum absolute atomic E-state index is 11.0. The molecule has 1 saturated carbocycles. The number of hydrogen-bond donors (Lipinski definition) is 1. The number of halogens is 1. The van der Waals surface area contributed by atoms with Crippen LogP contribution in [-0.2, 0) is 0 Å². The lowest BCUT2D eigenvalue weighted by Gasteiger charge is -2.30. The molecule has 1 aliphatic heterocycles. The molecule has 25 heavy (non-hydrogen) atoms. The fraction of sp³-hybridized carbons (Fsp3) is 0.714. The summed E-state index contributed by atoms with van der Waals surface area (Å²) in [4.78, 5) is 2.56. The van der Waals surface area contributed by atoms with Crippen LogP contribution in [-0.4, -0.2) is 41.8 Å². The second-order valence-electron chi connectivity index (χ2n) is 8.11. The predicted octanol–water partition coefficient (Wildman–Crippen LogP) is 4.82. The Morgan fingerprint density at radius 2 is 1.96 bits per heavy atom. The number of hydrogen-bond acceptors (Lipinski definition) is 3. The van der Waals surface area contributed by atoms with Gasteiger partial charge in [-0.1, -0.05) is 36.9 Å². The van der Waals surface area contributed by atoms with Gasteiger partial charge in [0.25, 0.3) is 0 Å². The Labute approximate surface area is 157 Å². The highest BCUT2D eigenvalue weighted by Gasteiger charge is 2.32. The van der Waals surface area contributed by atoms with Crippen LogP contribution >= 0.6 is 11.6 Å². The number of aryl methyl sites for hydroxylation is 1. The van der Waals surface area contributed by atoms with Gasteiger partial charge in [0.1, 0.15) is 12.4 Å². The largest absolute Gasteiger partial charge is 0.489 e. The fourth-order valence-corrected chi connectivity index (χ4v) is 4.40. The van der Waals surface area contributed by atoms with E-state index in [9.17, 15) is 5.11 Å². The van der Waals surface area contributed by atoms with E-state index >= 15 is 0 Å². The Morgan fingerprint density at radius 3 is 2.76 bits per heavy atom. The van der Waals surface area contributed by atoms with Gasteiger partial charge in [-0.25, -0.2) is 0 Å². The van der Waals surface area contributed by atoms with Gasteiger partial charge in [-0.2, -0.15) is 0 Å². The average Bonchev–Trinajstić information content (AvgIpc) is 2.79. The van der Waals surface area contributed by atoms with Crippen molar-refractivity contribution in [2.45, 2.75) is 63.9 Å². The second kappa shape index (κ2) is 8.75. The molecule has 2 fully saturated rings. The molecule has 4 heteroatoms. The molecular formula is C21H32ClNO2. The van der Waals surface area contributed by atoms with E-state index in [4.69, 9.17) is 16.3 Å². The highest BCUT2D eigenvalue weighted by Crippen LogP contribution is 2.30. The molecule has 0 amide bonds. The van der Waals surface area contributed by atoms with E-state index in [0.29, 0.717) is 17.4 Å². The molecule has 1 aliphatic carbocycles. The third kappa shape index (κ3) is 5.60. The number of nitrogens with zero attached hydrogens (tertiary/aromatic N) is 1. The molecule has 1 atom stereocenters. The second-order valence-corrected chi connectivity index (χ2v) is 8.51. The summed E-state index contributed by atoms with van der Waals surface area (Å²) >= 11 is 6.21. The van der Waals surface area contributed by atoms with Crippen LogP contribution in [0.4, 0.5) is 0 Å². The normalized spacial score (nSPS) is 26.4. The molecule has 1 N–H and O–H groups in total. The van der Waals surface area contributed by atoms with Crippen LogP contribution in [0.1, 0.15) is 56.9 Å². The molecule has 0 radical (unpaired) electrons. The van der Waals surface area contributed by atoms with Crippen molar-refractivity contribution in [2.75, 3.05) is 26.2 Å². The van der Waals surface area contributed by atoms with E-state index in [2.05, 4.69) is 4.90 Å². The first-order chi connectivity index (χ1) is 12.0. The third-order valence-electron chi connectivity index (χ3n) is 5.83. The van der Waals surface area contributed by atoms with Crippen molar-refractivity contribution in [2.24, 2.45) is 5.92 Å². The summed E-state index contributed by atoms with van der Waals surface area (Å²) in [6, 6.07) is 5.77. The molecular weight excluding hydrogens is 334 g/mol. The molecule has 3 rings (SSSR count). The molecule has 1 aromatic rings. The Balaban J connectivity index is 1.51. The van der Waals surface area contributed by atoms with E-state index in [0.717, 1.165) is 43.8 Å². The summed E-state index contributed by atoms with van der Waals surface area (Å²) in [6.07, 6.45) is 9.59. The van der Waals surface area contributed by atoms with Crippen LogP contribution in [0.3, 0.4) is 0 Å². The summed E-state index contributed by atoms with van der Waals surface area (Å²) in [6.45, 7) is 5.63. The highest BCUT2D eigenvalue weighted by molar-refractivity contribution is 6.32. The lowest BCUT2D eigenvalue weighted by Crippen LogP contribution is -2.38. The minimum atomic E-state index is -0.742. The third-order valence-corrected chi connectivity index (χ3v) is 6.15. The molecule has 1 heterocycles. The Kier molecular flexibility index (Phi) is 6.65. The summed E-state index contributed by atoms with van der Waals surface area (Å²) in [5.41, 5.74) is 0.375. The zero-order valence-electron chi connectivity index (χ0n) is 15.5. The first-order valence-electron chi connectivity index (χ1n) is 9.88. The van der Waals surface area contributed by atoms with Crippen molar-refractivity contribution in [1.29, 1.82) is 0 Å². The van der Waals surface area contributed by atoms with Crippen molar-refractivity contribution in [3.8, 4) is 5.75 Å². The van der Waals surface area contributed by atoms with Crippen molar-refractivity contribution in [3.05, 3.63) is 28.8 Å². The van der Waals surface area contributed by atoms with Crippen LogP contribution in [0.15, 0.2) is 18.2 Å². The van der Waals surface area contributed by atoms with Crippen LogP contribution < -0.4 is 4.74 Å². The van der Waals surface area contributed by atoms with E-state index < -0.39 is 5.60 Å². The molecule has 1 saturated heterocycles. The first-order valence-corrected chi connectivity index (χ1v) is 10.3. The molecule has 0 bridgehead atoms. The predicted molar refractivity (Wildman–Crippen MR) is 103 cm³/mol. The zero-order chi connectivity index (χ0) is 17.7. The number of benzene rings is 1. The van der Waals surface area contributed by atoms with Crippen molar-refractivity contribution < 1.29 is 9.84 Å². The Hall–Kier alpha value is -0.770. The van der Waals surface area contributed by atoms with Gasteiger partial charge in [-0.15, -0.1) is 0 Å². The Morgan fingerprint density at radius 1 is 1.16 bits per heavy atom. The first kappa shape index (κ1) is 19.0. The Bertz CT molecular complexity index is 559. The van der Waals surface area contributed by atoms with Gasteiger partial charge in [0, 0.05) is 13.1 Å². The van der Waals surface area contributed by atoms with E-state index in [1.165, 1.54) is 38.6 Å². The van der Waals surface area contributed by atoms with Gasteiger partial charge in [0.15, 0.2) is 0 Å². The van der Waals surface area contributed by atoms with Crippen LogP contribution in [0.5, 0.6) is 5.75 Å². The molecule has 0 aromatic heterocycles. The number of rotatable bonds is 5. The summed E-state index contributed by atoms with van der Waals surface area (Å²) < 4.78 is 5.90. The minimum absolute atomic E-state index is 0.327.